The van der Waals surface area contributed by atoms with Gasteiger partial charge in [0.1, 0.15) is 12.3 Å². The van der Waals surface area contributed by atoms with Gasteiger partial charge in [-0.15, -0.1) is 0 Å². The van der Waals surface area contributed by atoms with Gasteiger partial charge in [0.05, 0.1) is 33.3 Å². The number of hydrogen-bond donors (Lipinski definition) is 0. The predicted octanol–water partition coefficient (Wildman–Crippen LogP) is 4.94. The summed E-state index contributed by atoms with van der Waals surface area (Å²) in [5.74, 6) is 1.89. The molecule has 1 saturated carbocycles. The number of benzene rings is 1. The van der Waals surface area contributed by atoms with Gasteiger partial charge in [-0.3, -0.25) is 9.59 Å². The molecular formula is C28H34N2O6. The molecule has 3 aromatic rings. The molecule has 2 amide bonds. The summed E-state index contributed by atoms with van der Waals surface area (Å²) in [4.78, 5) is 30.4. The van der Waals surface area contributed by atoms with Gasteiger partial charge in [-0.1, -0.05) is 25.3 Å². The predicted molar refractivity (Wildman–Crippen MR) is 134 cm³/mol. The topological polar surface area (TPSA) is 85.4 Å². The first-order valence-corrected chi connectivity index (χ1v) is 12.4. The van der Waals surface area contributed by atoms with Crippen LogP contribution in [0.3, 0.4) is 0 Å². The molecule has 0 spiro atoms. The van der Waals surface area contributed by atoms with E-state index in [2.05, 4.69) is 0 Å². The molecule has 0 bridgehead atoms. The first-order valence-electron chi connectivity index (χ1n) is 12.4. The molecular weight excluding hydrogens is 460 g/mol. The highest BCUT2D eigenvalue weighted by Crippen LogP contribution is 2.28. The molecule has 36 heavy (non-hydrogen) atoms. The molecule has 4 rings (SSSR count). The molecule has 1 fully saturated rings. The number of rotatable bonds is 11. The van der Waals surface area contributed by atoms with Gasteiger partial charge >= 0.3 is 0 Å². The number of methoxy groups -OCH3 is 2. The highest BCUT2D eigenvalue weighted by atomic mass is 16.5. The zero-order valence-corrected chi connectivity index (χ0v) is 21.0. The second-order valence-corrected chi connectivity index (χ2v) is 9.04. The molecule has 2 heterocycles. The monoisotopic (exact) mass is 494 g/mol. The molecule has 192 valence electrons. The fourth-order valence-corrected chi connectivity index (χ4v) is 4.73. The molecule has 0 N–H and O–H groups in total. The van der Waals surface area contributed by atoms with Crippen LogP contribution in [0.1, 0.15) is 54.0 Å². The lowest BCUT2D eigenvalue weighted by molar-refractivity contribution is -0.133. The Balaban J connectivity index is 1.51. The van der Waals surface area contributed by atoms with E-state index in [1.807, 2.05) is 24.3 Å². The van der Waals surface area contributed by atoms with E-state index in [4.69, 9.17) is 18.3 Å². The van der Waals surface area contributed by atoms with Crippen LogP contribution in [0.25, 0.3) is 0 Å². The summed E-state index contributed by atoms with van der Waals surface area (Å²) in [5, 5.41) is 0. The summed E-state index contributed by atoms with van der Waals surface area (Å²) in [6.45, 7) is 0.784. The van der Waals surface area contributed by atoms with E-state index < -0.39 is 0 Å². The van der Waals surface area contributed by atoms with Crippen molar-refractivity contribution < 1.29 is 27.9 Å². The number of ether oxygens (including phenoxy) is 2. The number of amides is 2. The van der Waals surface area contributed by atoms with Crippen LogP contribution in [0.4, 0.5) is 0 Å². The van der Waals surface area contributed by atoms with E-state index in [1.54, 1.807) is 48.5 Å². The Hall–Kier alpha value is -3.68. The van der Waals surface area contributed by atoms with E-state index >= 15 is 0 Å². The second-order valence-electron chi connectivity index (χ2n) is 9.04. The van der Waals surface area contributed by atoms with Gasteiger partial charge < -0.3 is 28.1 Å². The Kier molecular flexibility index (Phi) is 8.71. The van der Waals surface area contributed by atoms with Crippen molar-refractivity contribution in [1.82, 2.24) is 9.80 Å². The van der Waals surface area contributed by atoms with E-state index in [-0.39, 0.29) is 30.2 Å². The van der Waals surface area contributed by atoms with Crippen molar-refractivity contribution in [3.05, 3.63) is 72.1 Å². The first kappa shape index (κ1) is 25.4. The molecule has 8 heteroatoms. The molecule has 0 aliphatic heterocycles. The maximum absolute atomic E-state index is 13.7. The van der Waals surface area contributed by atoms with Crippen molar-refractivity contribution in [1.29, 1.82) is 0 Å². The number of carbonyl (C=O) groups is 2. The van der Waals surface area contributed by atoms with E-state index in [0.717, 1.165) is 37.7 Å². The van der Waals surface area contributed by atoms with Gasteiger partial charge in [-0.2, -0.15) is 0 Å². The maximum Gasteiger partial charge on any atom is 0.290 e. The lowest BCUT2D eigenvalue weighted by Crippen LogP contribution is -2.48. The average Bonchev–Trinajstić information content (AvgIpc) is 3.64. The van der Waals surface area contributed by atoms with Gasteiger partial charge in [-0.05, 0) is 61.2 Å². The lowest BCUT2D eigenvalue weighted by atomic mass is 9.94. The fourth-order valence-electron chi connectivity index (χ4n) is 4.73. The summed E-state index contributed by atoms with van der Waals surface area (Å²) in [5.41, 5.74) is 1.01. The van der Waals surface area contributed by atoms with Crippen LogP contribution in [0.5, 0.6) is 11.5 Å². The zero-order chi connectivity index (χ0) is 25.3. The van der Waals surface area contributed by atoms with Crippen molar-refractivity contribution in [3.8, 4) is 11.5 Å². The minimum atomic E-state index is -0.238. The Labute approximate surface area is 211 Å². The summed E-state index contributed by atoms with van der Waals surface area (Å²) in [6, 6.07) is 12.8. The van der Waals surface area contributed by atoms with Gasteiger partial charge in [0.2, 0.25) is 5.91 Å². The molecule has 0 unspecified atom stereocenters. The van der Waals surface area contributed by atoms with Crippen LogP contribution in [-0.4, -0.2) is 55.0 Å². The standard InChI is InChI=1S/C28H34N2O6/c1-33-24-13-12-21(18-26(24)34-2)14-15-29(19-23-10-6-16-35-23)27(31)20-30(22-8-4-3-5-9-22)28(32)25-11-7-17-36-25/h6-7,10-13,16-18,22H,3-5,8-9,14-15,19-20H2,1-2H3. The minimum Gasteiger partial charge on any atom is -0.493 e. The summed E-state index contributed by atoms with van der Waals surface area (Å²) in [6.07, 6.45) is 8.74. The number of furan rings is 2. The van der Waals surface area contributed by atoms with E-state index in [9.17, 15) is 9.59 Å². The Morgan fingerprint density at radius 3 is 2.36 bits per heavy atom. The van der Waals surface area contributed by atoms with Crippen molar-refractivity contribution in [3.63, 3.8) is 0 Å². The van der Waals surface area contributed by atoms with Crippen LogP contribution in [0.15, 0.2) is 63.8 Å². The van der Waals surface area contributed by atoms with Crippen LogP contribution < -0.4 is 9.47 Å². The highest BCUT2D eigenvalue weighted by Gasteiger charge is 2.31. The maximum atomic E-state index is 13.7. The molecule has 1 aromatic carbocycles. The molecule has 1 aliphatic carbocycles. The Morgan fingerprint density at radius 1 is 0.944 bits per heavy atom. The van der Waals surface area contributed by atoms with Crippen molar-refractivity contribution in [2.75, 3.05) is 27.3 Å². The number of nitrogens with zero attached hydrogens (tertiary/aromatic N) is 2. The second kappa shape index (κ2) is 12.3. The molecule has 0 radical (unpaired) electrons. The van der Waals surface area contributed by atoms with Gasteiger partial charge in [-0.25, -0.2) is 0 Å². The third kappa shape index (κ3) is 6.30. The third-order valence-electron chi connectivity index (χ3n) is 6.71. The molecule has 2 aromatic heterocycles. The summed E-state index contributed by atoms with van der Waals surface area (Å²) < 4.78 is 21.7. The van der Waals surface area contributed by atoms with Crippen LogP contribution >= 0.6 is 0 Å². The fraction of sp³-hybridized carbons (Fsp3) is 0.429. The molecule has 8 nitrogen and oxygen atoms in total. The van der Waals surface area contributed by atoms with Gasteiger partial charge in [0, 0.05) is 12.6 Å². The normalized spacial score (nSPS) is 13.8. The van der Waals surface area contributed by atoms with Gasteiger partial charge in [0.25, 0.3) is 5.91 Å². The Bertz CT molecular complexity index is 1100. The number of carbonyl (C=O) groups excluding carboxylic acids is 2. The molecule has 1 aliphatic rings. The van der Waals surface area contributed by atoms with E-state index in [0.29, 0.717) is 36.8 Å². The summed E-state index contributed by atoms with van der Waals surface area (Å²) >= 11 is 0. The van der Waals surface area contributed by atoms with Crippen LogP contribution in [0, 0.1) is 0 Å². The van der Waals surface area contributed by atoms with E-state index in [1.165, 1.54) is 6.26 Å². The third-order valence-corrected chi connectivity index (χ3v) is 6.71. The molecule has 0 atom stereocenters. The zero-order valence-electron chi connectivity index (χ0n) is 21.0. The first-order chi connectivity index (χ1) is 17.6. The largest absolute Gasteiger partial charge is 0.493 e. The van der Waals surface area contributed by atoms with Crippen LogP contribution in [-0.2, 0) is 17.8 Å². The highest BCUT2D eigenvalue weighted by molar-refractivity contribution is 5.94. The minimum absolute atomic E-state index is 0.00313. The van der Waals surface area contributed by atoms with Crippen molar-refractivity contribution in [2.45, 2.75) is 51.1 Å². The average molecular weight is 495 g/mol. The summed E-state index contributed by atoms with van der Waals surface area (Å²) in [7, 11) is 3.20. The Morgan fingerprint density at radius 2 is 1.69 bits per heavy atom. The van der Waals surface area contributed by atoms with Crippen LogP contribution in [0.2, 0.25) is 0 Å². The lowest BCUT2D eigenvalue weighted by Gasteiger charge is -2.35. The van der Waals surface area contributed by atoms with Crippen molar-refractivity contribution in [2.24, 2.45) is 0 Å². The molecule has 0 saturated heterocycles. The quantitative estimate of drug-likeness (QED) is 0.376. The number of hydrogen-bond acceptors (Lipinski definition) is 6. The van der Waals surface area contributed by atoms with Crippen molar-refractivity contribution >= 4 is 11.8 Å². The smallest absolute Gasteiger partial charge is 0.290 e. The SMILES string of the molecule is COc1ccc(CCN(Cc2ccco2)C(=O)CN(C(=O)c2ccco2)C2CCCCC2)cc1OC. The van der Waals surface area contributed by atoms with Gasteiger partial charge in [0.15, 0.2) is 17.3 Å².